The summed E-state index contributed by atoms with van der Waals surface area (Å²) in [7, 11) is 1.53. The largest absolute Gasteiger partial charge is 0.459 e. The van der Waals surface area contributed by atoms with Crippen molar-refractivity contribution in [3.05, 3.63) is 0 Å². The summed E-state index contributed by atoms with van der Waals surface area (Å²) < 4.78 is 4.70. The van der Waals surface area contributed by atoms with Gasteiger partial charge in [0.15, 0.2) is 0 Å². The average molecular weight is 129 g/mol. The van der Waals surface area contributed by atoms with Crippen LogP contribution in [-0.4, -0.2) is 25.3 Å². The molecule has 0 saturated carbocycles. The van der Waals surface area contributed by atoms with Crippen LogP contribution in [0.2, 0.25) is 0 Å². The van der Waals surface area contributed by atoms with Crippen LogP contribution in [0, 0.1) is 0 Å². The zero-order chi connectivity index (χ0) is 7.28. The lowest BCUT2D eigenvalue weighted by Gasteiger charge is -2.02. The zero-order valence-electron chi connectivity index (χ0n) is 5.92. The second kappa shape index (κ2) is 4.06. The van der Waals surface area contributed by atoms with Crippen LogP contribution < -0.4 is 0 Å². The number of rotatable bonds is 2. The van der Waals surface area contributed by atoms with Crippen molar-refractivity contribution in [1.29, 1.82) is 0 Å². The molecule has 0 radical (unpaired) electrons. The van der Waals surface area contributed by atoms with Gasteiger partial charge in [-0.2, -0.15) is 0 Å². The normalized spacial score (nSPS) is 10.7. The number of ether oxygens (including phenoxy) is 1. The van der Waals surface area contributed by atoms with Gasteiger partial charge in [-0.1, -0.05) is 0 Å². The topological polar surface area (TPSA) is 38.7 Å². The fourth-order valence-corrected chi connectivity index (χ4v) is 0.368. The molecule has 0 saturated heterocycles. The van der Waals surface area contributed by atoms with Crippen molar-refractivity contribution >= 4 is 12.2 Å². The molecule has 0 N–H and O–H groups in total. The molecule has 3 heteroatoms. The molecule has 0 rings (SSSR count). The second-order valence-electron chi connectivity index (χ2n) is 1.87. The number of esters is 1. The Morgan fingerprint density at radius 2 is 2.22 bits per heavy atom. The molecule has 0 aliphatic rings. The minimum atomic E-state index is -0.382. The van der Waals surface area contributed by atoms with Crippen LogP contribution in [0.3, 0.4) is 0 Å². The van der Waals surface area contributed by atoms with Gasteiger partial charge in [-0.3, -0.25) is 4.99 Å². The molecular formula is C6H11NO2. The SMILES string of the molecule is CN=CC(=O)OC(C)C. The van der Waals surface area contributed by atoms with E-state index < -0.39 is 0 Å². The van der Waals surface area contributed by atoms with Crippen LogP contribution in [0.15, 0.2) is 4.99 Å². The third-order valence-electron chi connectivity index (χ3n) is 0.586. The molecule has 0 bridgehead atoms. The molecular weight excluding hydrogens is 118 g/mol. The van der Waals surface area contributed by atoms with Crippen molar-refractivity contribution in [3.63, 3.8) is 0 Å². The number of carbonyl (C=O) groups excluding carboxylic acids is 1. The monoisotopic (exact) mass is 129 g/mol. The van der Waals surface area contributed by atoms with E-state index in [4.69, 9.17) is 4.74 Å². The van der Waals surface area contributed by atoms with E-state index in [1.807, 2.05) is 0 Å². The van der Waals surface area contributed by atoms with Gasteiger partial charge in [0, 0.05) is 7.05 Å². The Morgan fingerprint density at radius 3 is 2.56 bits per heavy atom. The highest BCUT2D eigenvalue weighted by Gasteiger charge is 1.98. The van der Waals surface area contributed by atoms with Gasteiger partial charge in [0.2, 0.25) is 0 Å². The summed E-state index contributed by atoms with van der Waals surface area (Å²) in [5.41, 5.74) is 0. The molecule has 9 heavy (non-hydrogen) atoms. The van der Waals surface area contributed by atoms with Gasteiger partial charge >= 0.3 is 5.97 Å². The maximum absolute atomic E-state index is 10.5. The molecule has 0 atom stereocenters. The van der Waals surface area contributed by atoms with Crippen LogP contribution in [0.1, 0.15) is 13.8 Å². The molecule has 0 aliphatic heterocycles. The fourth-order valence-electron chi connectivity index (χ4n) is 0.368. The molecule has 0 unspecified atom stereocenters. The van der Waals surface area contributed by atoms with Gasteiger partial charge in [0.1, 0.15) is 6.21 Å². The van der Waals surface area contributed by atoms with E-state index in [9.17, 15) is 4.79 Å². The predicted molar refractivity (Wildman–Crippen MR) is 35.6 cm³/mol. The van der Waals surface area contributed by atoms with Crippen molar-refractivity contribution in [3.8, 4) is 0 Å². The second-order valence-corrected chi connectivity index (χ2v) is 1.87. The van der Waals surface area contributed by atoms with Crippen molar-refractivity contribution < 1.29 is 9.53 Å². The standard InChI is InChI=1S/C6H11NO2/c1-5(2)9-6(8)4-7-3/h4-5H,1-3H3. The third-order valence-corrected chi connectivity index (χ3v) is 0.586. The van der Waals surface area contributed by atoms with Crippen LogP contribution in [0.4, 0.5) is 0 Å². The van der Waals surface area contributed by atoms with E-state index >= 15 is 0 Å². The first-order chi connectivity index (χ1) is 4.16. The highest BCUT2D eigenvalue weighted by Crippen LogP contribution is 1.85. The maximum atomic E-state index is 10.5. The Morgan fingerprint density at radius 1 is 1.67 bits per heavy atom. The molecule has 0 aliphatic carbocycles. The van der Waals surface area contributed by atoms with Crippen molar-refractivity contribution in [2.75, 3.05) is 7.05 Å². The highest BCUT2D eigenvalue weighted by molar-refractivity contribution is 6.23. The number of hydrogen-bond acceptors (Lipinski definition) is 3. The van der Waals surface area contributed by atoms with Gasteiger partial charge in [0.25, 0.3) is 0 Å². The molecule has 0 fully saturated rings. The average Bonchev–Trinajstić information content (AvgIpc) is 1.63. The summed E-state index contributed by atoms with van der Waals surface area (Å²) in [6.07, 6.45) is 1.09. The molecule has 0 heterocycles. The van der Waals surface area contributed by atoms with E-state index in [1.165, 1.54) is 7.05 Å². The summed E-state index contributed by atoms with van der Waals surface area (Å²) >= 11 is 0. The first-order valence-corrected chi connectivity index (χ1v) is 2.79. The first kappa shape index (κ1) is 8.14. The molecule has 0 aromatic rings. The van der Waals surface area contributed by atoms with E-state index in [0.29, 0.717) is 0 Å². The number of carbonyl (C=O) groups is 1. The maximum Gasteiger partial charge on any atom is 0.349 e. The Bertz CT molecular complexity index is 118. The first-order valence-electron chi connectivity index (χ1n) is 2.79. The van der Waals surface area contributed by atoms with Gasteiger partial charge in [0.05, 0.1) is 6.10 Å². The molecule has 0 aromatic heterocycles. The lowest BCUT2D eigenvalue weighted by atomic mass is 10.5. The smallest absolute Gasteiger partial charge is 0.349 e. The summed E-state index contributed by atoms with van der Waals surface area (Å²) in [5, 5.41) is 0. The Kier molecular flexibility index (Phi) is 3.67. The molecule has 52 valence electrons. The van der Waals surface area contributed by atoms with Gasteiger partial charge in [-0.25, -0.2) is 4.79 Å². The fraction of sp³-hybridized carbons (Fsp3) is 0.667. The molecule has 3 nitrogen and oxygen atoms in total. The lowest BCUT2D eigenvalue weighted by molar-refractivity contribution is -0.138. The van der Waals surface area contributed by atoms with Crippen molar-refractivity contribution in [2.45, 2.75) is 20.0 Å². The Balaban J connectivity index is 3.51. The minimum Gasteiger partial charge on any atom is -0.459 e. The molecule has 0 aromatic carbocycles. The summed E-state index contributed by atoms with van der Waals surface area (Å²) in [4.78, 5) is 14.0. The quantitative estimate of drug-likeness (QED) is 0.405. The van der Waals surface area contributed by atoms with Gasteiger partial charge in [-0.15, -0.1) is 0 Å². The van der Waals surface area contributed by atoms with Crippen LogP contribution in [-0.2, 0) is 9.53 Å². The van der Waals surface area contributed by atoms with Crippen LogP contribution in [0.25, 0.3) is 0 Å². The summed E-state index contributed by atoms with van der Waals surface area (Å²) in [6, 6.07) is 0. The number of hydrogen-bond donors (Lipinski definition) is 0. The zero-order valence-corrected chi connectivity index (χ0v) is 5.92. The third kappa shape index (κ3) is 5.00. The lowest BCUT2D eigenvalue weighted by Crippen LogP contribution is -2.11. The molecule has 0 amide bonds. The minimum absolute atomic E-state index is 0.0597. The molecule has 0 spiro atoms. The van der Waals surface area contributed by atoms with E-state index in [-0.39, 0.29) is 12.1 Å². The number of nitrogens with zero attached hydrogens (tertiary/aromatic N) is 1. The van der Waals surface area contributed by atoms with Crippen molar-refractivity contribution in [1.82, 2.24) is 0 Å². The number of aliphatic imine (C=N–C) groups is 1. The highest BCUT2D eigenvalue weighted by atomic mass is 16.5. The summed E-state index contributed by atoms with van der Waals surface area (Å²) in [5.74, 6) is -0.382. The summed E-state index contributed by atoms with van der Waals surface area (Å²) in [6.45, 7) is 3.59. The van der Waals surface area contributed by atoms with Crippen LogP contribution >= 0.6 is 0 Å². The van der Waals surface area contributed by atoms with Crippen LogP contribution in [0.5, 0.6) is 0 Å². The van der Waals surface area contributed by atoms with E-state index in [1.54, 1.807) is 13.8 Å². The Hall–Kier alpha value is -0.860. The Labute approximate surface area is 54.7 Å². The van der Waals surface area contributed by atoms with E-state index in [2.05, 4.69) is 4.99 Å². The van der Waals surface area contributed by atoms with E-state index in [0.717, 1.165) is 6.21 Å². The van der Waals surface area contributed by atoms with Gasteiger partial charge < -0.3 is 4.74 Å². The van der Waals surface area contributed by atoms with Crippen molar-refractivity contribution in [2.24, 2.45) is 4.99 Å². The van der Waals surface area contributed by atoms with Gasteiger partial charge in [-0.05, 0) is 13.8 Å². The predicted octanol–water partition coefficient (Wildman–Crippen LogP) is 0.639.